The molecule has 0 amide bonds. The molecular formula is C20H13Br. The molecule has 100 valence electrons. The van der Waals surface area contributed by atoms with Crippen molar-refractivity contribution in [2.45, 2.75) is 0 Å². The van der Waals surface area contributed by atoms with E-state index >= 15 is 0 Å². The van der Waals surface area contributed by atoms with E-state index in [4.69, 9.17) is 0 Å². The molecule has 0 N–H and O–H groups in total. The van der Waals surface area contributed by atoms with Gasteiger partial charge in [0.15, 0.2) is 0 Å². The highest BCUT2D eigenvalue weighted by atomic mass is 79.9. The van der Waals surface area contributed by atoms with Gasteiger partial charge in [-0.05, 0) is 50.9 Å². The average Bonchev–Trinajstić information content (AvgIpc) is 2.54. The second-order valence-corrected chi connectivity index (χ2v) is 6.10. The first kappa shape index (κ1) is 12.6. The Bertz CT molecular complexity index is 954. The zero-order chi connectivity index (χ0) is 14.2. The van der Waals surface area contributed by atoms with E-state index in [1.54, 1.807) is 0 Å². The maximum Gasteiger partial charge on any atom is 0.0260 e. The normalized spacial score (nSPS) is 11.1. The van der Waals surface area contributed by atoms with Gasteiger partial charge < -0.3 is 0 Å². The molecule has 0 aliphatic rings. The van der Waals surface area contributed by atoms with Gasteiger partial charge in [0.1, 0.15) is 0 Å². The zero-order valence-electron chi connectivity index (χ0n) is 11.4. The van der Waals surface area contributed by atoms with Crippen molar-refractivity contribution < 1.29 is 0 Å². The first-order valence-corrected chi connectivity index (χ1v) is 7.78. The van der Waals surface area contributed by atoms with E-state index in [1.807, 2.05) is 0 Å². The summed E-state index contributed by atoms with van der Waals surface area (Å²) in [4.78, 5) is 0. The van der Waals surface area contributed by atoms with E-state index in [1.165, 1.54) is 32.7 Å². The van der Waals surface area contributed by atoms with Gasteiger partial charge in [-0.2, -0.15) is 0 Å². The van der Waals surface area contributed by atoms with Crippen LogP contribution in [0.15, 0.2) is 83.3 Å². The first-order valence-electron chi connectivity index (χ1n) is 6.99. The van der Waals surface area contributed by atoms with Gasteiger partial charge in [-0.1, -0.05) is 76.6 Å². The van der Waals surface area contributed by atoms with Gasteiger partial charge in [0.25, 0.3) is 0 Å². The van der Waals surface area contributed by atoms with Crippen molar-refractivity contribution >= 4 is 37.5 Å². The van der Waals surface area contributed by atoms with Crippen LogP contribution in [-0.4, -0.2) is 0 Å². The van der Waals surface area contributed by atoms with Crippen molar-refractivity contribution in [1.82, 2.24) is 0 Å². The molecule has 0 bridgehead atoms. The summed E-state index contributed by atoms with van der Waals surface area (Å²) in [6, 6.07) is 28.0. The fourth-order valence-corrected chi connectivity index (χ4v) is 3.38. The predicted molar refractivity (Wildman–Crippen MR) is 94.6 cm³/mol. The van der Waals surface area contributed by atoms with Crippen LogP contribution in [0.25, 0.3) is 32.7 Å². The quantitative estimate of drug-likeness (QED) is 0.377. The van der Waals surface area contributed by atoms with Gasteiger partial charge in [0.05, 0.1) is 0 Å². The number of rotatable bonds is 1. The smallest absolute Gasteiger partial charge is 0.0260 e. The number of fused-ring (bicyclic) bond motifs is 2. The monoisotopic (exact) mass is 332 g/mol. The van der Waals surface area contributed by atoms with Crippen LogP contribution in [0, 0.1) is 0 Å². The van der Waals surface area contributed by atoms with Crippen LogP contribution >= 0.6 is 15.9 Å². The minimum atomic E-state index is 1.14. The van der Waals surface area contributed by atoms with Crippen LogP contribution in [0.5, 0.6) is 0 Å². The van der Waals surface area contributed by atoms with E-state index in [0.29, 0.717) is 0 Å². The maximum atomic E-state index is 3.72. The van der Waals surface area contributed by atoms with Gasteiger partial charge >= 0.3 is 0 Å². The Hall–Kier alpha value is -2.12. The fraction of sp³-hybridized carbons (Fsp3) is 0. The Balaban J connectivity index is 1.96. The first-order chi connectivity index (χ1) is 10.3. The SMILES string of the molecule is Brc1cc2ccccc2cc1-c1ccc2ccccc2c1. The molecule has 0 spiro atoms. The summed E-state index contributed by atoms with van der Waals surface area (Å²) in [7, 11) is 0. The van der Waals surface area contributed by atoms with Crippen molar-refractivity contribution in [2.75, 3.05) is 0 Å². The molecule has 0 atom stereocenters. The molecule has 4 aromatic rings. The summed E-state index contributed by atoms with van der Waals surface area (Å²) in [6.07, 6.45) is 0. The molecule has 0 saturated heterocycles. The second kappa shape index (κ2) is 5.01. The van der Waals surface area contributed by atoms with Crippen molar-refractivity contribution in [3.05, 3.63) is 83.3 Å². The summed E-state index contributed by atoms with van der Waals surface area (Å²) >= 11 is 3.72. The third-order valence-electron chi connectivity index (χ3n) is 3.90. The van der Waals surface area contributed by atoms with Gasteiger partial charge in [-0.3, -0.25) is 0 Å². The Labute approximate surface area is 132 Å². The van der Waals surface area contributed by atoms with Gasteiger partial charge in [0, 0.05) is 4.47 Å². The molecule has 4 rings (SSSR count). The summed E-state index contributed by atoms with van der Waals surface area (Å²) < 4.78 is 1.14. The Morgan fingerprint density at radius 3 is 1.81 bits per heavy atom. The minimum absolute atomic E-state index is 1.14. The molecular weight excluding hydrogens is 320 g/mol. The molecule has 0 aromatic heterocycles. The zero-order valence-corrected chi connectivity index (χ0v) is 13.0. The van der Waals surface area contributed by atoms with Gasteiger partial charge in [-0.15, -0.1) is 0 Å². The maximum absolute atomic E-state index is 3.72. The summed E-state index contributed by atoms with van der Waals surface area (Å²) in [6.45, 7) is 0. The lowest BCUT2D eigenvalue weighted by molar-refractivity contribution is 1.64. The van der Waals surface area contributed by atoms with E-state index in [2.05, 4.69) is 94.8 Å². The highest BCUT2D eigenvalue weighted by Gasteiger charge is 2.06. The molecule has 0 aliphatic heterocycles. The van der Waals surface area contributed by atoms with E-state index in [9.17, 15) is 0 Å². The lowest BCUT2D eigenvalue weighted by Gasteiger charge is -2.09. The molecule has 0 nitrogen and oxygen atoms in total. The number of halogens is 1. The van der Waals surface area contributed by atoms with Gasteiger partial charge in [0.2, 0.25) is 0 Å². The van der Waals surface area contributed by atoms with Crippen LogP contribution in [0.1, 0.15) is 0 Å². The summed E-state index contributed by atoms with van der Waals surface area (Å²) in [5.41, 5.74) is 2.48. The minimum Gasteiger partial charge on any atom is -0.0616 e. The predicted octanol–water partition coefficient (Wildman–Crippen LogP) is 6.42. The van der Waals surface area contributed by atoms with Crippen LogP contribution in [0.3, 0.4) is 0 Å². The number of benzene rings is 4. The Kier molecular flexibility index (Phi) is 3.01. The second-order valence-electron chi connectivity index (χ2n) is 5.24. The molecule has 0 saturated carbocycles. The van der Waals surface area contributed by atoms with Crippen LogP contribution in [0.4, 0.5) is 0 Å². The van der Waals surface area contributed by atoms with E-state index < -0.39 is 0 Å². The van der Waals surface area contributed by atoms with E-state index in [-0.39, 0.29) is 0 Å². The lowest BCUT2D eigenvalue weighted by atomic mass is 9.99. The molecule has 0 fully saturated rings. The van der Waals surface area contributed by atoms with Crippen molar-refractivity contribution in [1.29, 1.82) is 0 Å². The van der Waals surface area contributed by atoms with Crippen LogP contribution < -0.4 is 0 Å². The van der Waals surface area contributed by atoms with Crippen LogP contribution in [-0.2, 0) is 0 Å². The highest BCUT2D eigenvalue weighted by Crippen LogP contribution is 2.33. The standard InChI is InChI=1S/C20H13Br/c21-20-13-17-8-4-3-7-16(17)12-19(20)18-10-9-14-5-1-2-6-15(14)11-18/h1-13H. The van der Waals surface area contributed by atoms with Gasteiger partial charge in [-0.25, -0.2) is 0 Å². The molecule has 0 aliphatic carbocycles. The molecule has 0 unspecified atom stereocenters. The fourth-order valence-electron chi connectivity index (χ4n) is 2.79. The summed E-state index contributed by atoms with van der Waals surface area (Å²) in [5.74, 6) is 0. The van der Waals surface area contributed by atoms with Crippen molar-refractivity contribution in [3.63, 3.8) is 0 Å². The third-order valence-corrected chi connectivity index (χ3v) is 4.55. The van der Waals surface area contributed by atoms with Crippen LogP contribution in [0.2, 0.25) is 0 Å². The van der Waals surface area contributed by atoms with E-state index in [0.717, 1.165) is 4.47 Å². The largest absolute Gasteiger partial charge is 0.0616 e. The molecule has 4 aromatic carbocycles. The molecule has 0 radical (unpaired) electrons. The van der Waals surface area contributed by atoms with Crippen molar-refractivity contribution in [2.24, 2.45) is 0 Å². The third kappa shape index (κ3) is 2.24. The molecule has 21 heavy (non-hydrogen) atoms. The summed E-state index contributed by atoms with van der Waals surface area (Å²) in [5, 5.41) is 5.07. The number of hydrogen-bond donors (Lipinski definition) is 0. The Morgan fingerprint density at radius 2 is 1.10 bits per heavy atom. The Morgan fingerprint density at radius 1 is 0.524 bits per heavy atom. The molecule has 1 heteroatoms. The highest BCUT2D eigenvalue weighted by molar-refractivity contribution is 9.10. The topological polar surface area (TPSA) is 0 Å². The molecule has 0 heterocycles. The lowest BCUT2D eigenvalue weighted by Crippen LogP contribution is -1.82. The average molecular weight is 333 g/mol. The van der Waals surface area contributed by atoms with Crippen molar-refractivity contribution in [3.8, 4) is 11.1 Å². The number of hydrogen-bond acceptors (Lipinski definition) is 0.